The Morgan fingerprint density at radius 2 is 0.597 bits per heavy atom. The lowest BCUT2D eigenvalue weighted by Gasteiger charge is -2.27. The van der Waals surface area contributed by atoms with Gasteiger partial charge in [0.2, 0.25) is 6.10 Å². The molecule has 0 aromatic carbocycles. The van der Waals surface area contributed by atoms with Gasteiger partial charge in [-0.3, -0.25) is 9.80 Å². The summed E-state index contributed by atoms with van der Waals surface area (Å²) in [5, 5.41) is 53.6. The van der Waals surface area contributed by atoms with Gasteiger partial charge in [-0.15, -0.1) is 0 Å². The second-order valence-corrected chi connectivity index (χ2v) is 18.5. The Morgan fingerprint density at radius 1 is 0.355 bits per heavy atom. The van der Waals surface area contributed by atoms with Crippen LogP contribution < -0.4 is 0 Å². The van der Waals surface area contributed by atoms with Gasteiger partial charge >= 0.3 is 11.9 Å². The van der Waals surface area contributed by atoms with Crippen LogP contribution in [0, 0.1) is 0 Å². The van der Waals surface area contributed by atoms with Gasteiger partial charge in [-0.2, -0.15) is 0 Å². The van der Waals surface area contributed by atoms with Crippen molar-refractivity contribution in [2.75, 3.05) is 52.5 Å². The van der Waals surface area contributed by atoms with Crippen molar-refractivity contribution in [2.45, 2.75) is 264 Å². The lowest BCUT2D eigenvalue weighted by molar-refractivity contribution is -0.169. The summed E-state index contributed by atoms with van der Waals surface area (Å²) in [4.78, 5) is 29.2. The van der Waals surface area contributed by atoms with Gasteiger partial charge < -0.3 is 35.0 Å². The second-order valence-electron chi connectivity index (χ2n) is 18.5. The molecule has 0 fully saturated rings. The molecule has 0 rings (SSSR count). The number of rotatable bonds is 48. The van der Waals surface area contributed by atoms with Crippen molar-refractivity contribution in [1.82, 2.24) is 9.80 Å². The van der Waals surface area contributed by atoms with E-state index in [-0.39, 0.29) is 13.2 Å². The van der Waals surface area contributed by atoms with Crippen LogP contribution in [0.4, 0.5) is 0 Å². The van der Waals surface area contributed by atoms with Crippen molar-refractivity contribution < 1.29 is 44.6 Å². The first-order valence-corrected chi connectivity index (χ1v) is 26.3. The molecule has 0 spiro atoms. The topological polar surface area (TPSA) is 160 Å². The molecule has 0 heterocycles. The van der Waals surface area contributed by atoms with Crippen LogP contribution in [0.1, 0.15) is 233 Å². The van der Waals surface area contributed by atoms with Crippen LogP contribution in [-0.2, 0) is 19.1 Å². The molecule has 0 aliphatic carbocycles. The number of nitrogens with zero attached hydrogens (tertiary/aromatic N) is 2. The predicted molar refractivity (Wildman–Crippen MR) is 255 cm³/mol. The quantitative estimate of drug-likeness (QED) is 0.0225. The highest BCUT2D eigenvalue weighted by molar-refractivity contribution is 5.97. The molecule has 0 aromatic rings. The Morgan fingerprint density at radius 3 is 0.855 bits per heavy atom. The number of ether oxygens (including phenoxy) is 2. The molecule has 0 aliphatic rings. The molecule has 370 valence electrons. The fraction of sp³-hybridized carbons (Fsp3) is 0.961. The molecule has 0 aliphatic heterocycles. The van der Waals surface area contributed by atoms with Crippen LogP contribution in [0.5, 0.6) is 0 Å². The number of hydrogen-bond acceptors (Lipinski definition) is 11. The summed E-state index contributed by atoms with van der Waals surface area (Å²) in [5.74, 6) is -2.05. The van der Waals surface area contributed by atoms with Gasteiger partial charge in [-0.1, -0.05) is 182 Å². The highest BCUT2D eigenvalue weighted by Gasteiger charge is 2.27. The zero-order chi connectivity index (χ0) is 45.9. The lowest BCUT2D eigenvalue weighted by atomic mass is 10.1. The van der Waals surface area contributed by atoms with E-state index in [9.17, 15) is 35.1 Å². The van der Waals surface area contributed by atoms with E-state index < -0.39 is 42.5 Å². The van der Waals surface area contributed by atoms with E-state index in [4.69, 9.17) is 9.47 Å². The van der Waals surface area contributed by atoms with Crippen molar-refractivity contribution in [2.24, 2.45) is 0 Å². The van der Waals surface area contributed by atoms with Crippen LogP contribution >= 0.6 is 0 Å². The van der Waals surface area contributed by atoms with E-state index in [2.05, 4.69) is 37.5 Å². The Bertz CT molecular complexity index is 854. The Hall–Kier alpha value is -1.34. The molecule has 11 nitrogen and oxygen atoms in total. The van der Waals surface area contributed by atoms with Gasteiger partial charge in [0.25, 0.3) is 0 Å². The number of carbonyl (C=O) groups is 2. The number of aliphatic hydroxyl groups excluding tert-OH is 5. The standard InChI is InChI=1S/C51H102N2O9/c1-5-9-13-17-21-25-33-45(54)41-52(42-46(55)34-26-22-18-14-10-6-2)37-29-31-39-61-50(59)49(58)51(60)62-40-32-30-38-53(43-47(56)35-27-23-19-15-11-7-3)44-48(57)36-28-24-20-16-12-8-4/h45-49,54-58H,5-44H2,1-4H3. The van der Waals surface area contributed by atoms with Gasteiger partial charge in [-0.05, 0) is 64.5 Å². The summed E-state index contributed by atoms with van der Waals surface area (Å²) in [5.41, 5.74) is 0. The average molecular weight is 887 g/mol. The van der Waals surface area contributed by atoms with Crippen LogP contribution in [0.2, 0.25) is 0 Å². The average Bonchev–Trinajstić information content (AvgIpc) is 3.24. The van der Waals surface area contributed by atoms with Crippen LogP contribution in [0.15, 0.2) is 0 Å². The maximum Gasteiger partial charge on any atom is 0.346 e. The number of esters is 2. The minimum absolute atomic E-state index is 0.0445. The third-order valence-electron chi connectivity index (χ3n) is 12.1. The van der Waals surface area contributed by atoms with E-state index in [1.54, 1.807) is 0 Å². The maximum atomic E-state index is 12.5. The van der Waals surface area contributed by atoms with Gasteiger partial charge in [0.15, 0.2) is 0 Å². The predicted octanol–water partition coefficient (Wildman–Crippen LogP) is 10.0. The second kappa shape index (κ2) is 44.8. The van der Waals surface area contributed by atoms with E-state index >= 15 is 0 Å². The molecule has 0 aromatic heterocycles. The Kier molecular flexibility index (Phi) is 43.9. The molecular weight excluding hydrogens is 785 g/mol. The van der Waals surface area contributed by atoms with Crippen molar-refractivity contribution >= 4 is 11.9 Å². The maximum absolute atomic E-state index is 12.5. The van der Waals surface area contributed by atoms with Crippen LogP contribution in [0.25, 0.3) is 0 Å². The lowest BCUT2D eigenvalue weighted by Crippen LogP contribution is -2.39. The fourth-order valence-corrected chi connectivity index (χ4v) is 8.19. The van der Waals surface area contributed by atoms with Gasteiger partial charge in [-0.25, -0.2) is 9.59 Å². The molecule has 62 heavy (non-hydrogen) atoms. The highest BCUT2D eigenvalue weighted by atomic mass is 16.6. The van der Waals surface area contributed by atoms with Crippen molar-refractivity contribution in [1.29, 1.82) is 0 Å². The summed E-state index contributed by atoms with van der Waals surface area (Å²) in [6.07, 6.45) is 29.6. The van der Waals surface area contributed by atoms with E-state index in [0.29, 0.717) is 65.0 Å². The first kappa shape index (κ1) is 60.7. The molecule has 5 N–H and O–H groups in total. The van der Waals surface area contributed by atoms with Crippen LogP contribution in [-0.4, -0.2) is 130 Å². The van der Waals surface area contributed by atoms with E-state index in [0.717, 1.165) is 77.0 Å². The molecule has 0 amide bonds. The normalized spacial score (nSPS) is 14.3. The van der Waals surface area contributed by atoms with Gasteiger partial charge in [0.1, 0.15) is 0 Å². The summed E-state index contributed by atoms with van der Waals surface area (Å²) >= 11 is 0. The smallest absolute Gasteiger partial charge is 0.346 e. The van der Waals surface area contributed by atoms with Crippen LogP contribution in [0.3, 0.4) is 0 Å². The van der Waals surface area contributed by atoms with Gasteiger partial charge in [0.05, 0.1) is 37.6 Å². The third-order valence-corrected chi connectivity index (χ3v) is 12.1. The minimum Gasteiger partial charge on any atom is -0.463 e. The summed E-state index contributed by atoms with van der Waals surface area (Å²) < 4.78 is 10.5. The van der Waals surface area contributed by atoms with Crippen molar-refractivity contribution in [3.05, 3.63) is 0 Å². The molecule has 0 bridgehead atoms. The number of aliphatic hydroxyl groups is 5. The van der Waals surface area contributed by atoms with E-state index in [1.807, 2.05) is 0 Å². The van der Waals surface area contributed by atoms with Crippen molar-refractivity contribution in [3.8, 4) is 0 Å². The Balaban J connectivity index is 4.75. The number of carbonyl (C=O) groups excluding carboxylic acids is 2. The minimum atomic E-state index is -2.01. The van der Waals surface area contributed by atoms with Gasteiger partial charge in [0, 0.05) is 26.2 Å². The number of unbranched alkanes of at least 4 members (excludes halogenated alkanes) is 22. The molecule has 11 heteroatoms. The van der Waals surface area contributed by atoms with Crippen molar-refractivity contribution in [3.63, 3.8) is 0 Å². The zero-order valence-corrected chi connectivity index (χ0v) is 40.9. The molecular formula is C51H102N2O9. The van der Waals surface area contributed by atoms with E-state index in [1.165, 1.54) is 103 Å². The number of hydrogen-bond donors (Lipinski definition) is 5. The first-order chi connectivity index (χ1) is 30.1. The summed E-state index contributed by atoms with van der Waals surface area (Å²) in [6.45, 7) is 12.2. The largest absolute Gasteiger partial charge is 0.463 e. The monoisotopic (exact) mass is 887 g/mol. The SMILES string of the molecule is CCCCCCCCC(O)CN(CCCCOC(=O)C(O)C(=O)OCCCCN(CC(O)CCCCCCCC)CC(O)CCCCCCCC)CC(O)CCCCCCCC. The highest BCUT2D eigenvalue weighted by Crippen LogP contribution is 2.15. The molecule has 4 unspecified atom stereocenters. The summed E-state index contributed by atoms with van der Waals surface area (Å²) in [6, 6.07) is 0. The Labute approximate surface area is 381 Å². The zero-order valence-electron chi connectivity index (χ0n) is 40.9. The third kappa shape index (κ3) is 39.1. The molecule has 0 saturated carbocycles. The molecule has 0 radical (unpaired) electrons. The first-order valence-electron chi connectivity index (χ1n) is 26.3. The fourth-order valence-electron chi connectivity index (χ4n) is 8.19. The summed E-state index contributed by atoms with van der Waals surface area (Å²) in [7, 11) is 0. The molecule has 4 atom stereocenters. The molecule has 0 saturated heterocycles.